The van der Waals surface area contributed by atoms with Crippen LogP contribution in [0.15, 0.2) is 42.5 Å². The standard InChI is InChI=1S/C16H14N2S2/c1-10-7-8-12(11(2)9-10)17-15(19)16-18-13-5-3-4-6-14(13)20-16/h3-9H,1-2H3,(H,17,19). The number of anilines is 1. The van der Waals surface area contributed by atoms with Crippen LogP contribution in [0.1, 0.15) is 16.1 Å². The van der Waals surface area contributed by atoms with E-state index >= 15 is 0 Å². The second-order valence-electron chi connectivity index (χ2n) is 4.76. The minimum Gasteiger partial charge on any atom is -0.344 e. The molecule has 100 valence electrons. The van der Waals surface area contributed by atoms with Crippen LogP contribution in [-0.2, 0) is 0 Å². The van der Waals surface area contributed by atoms with Gasteiger partial charge in [-0.3, -0.25) is 0 Å². The molecule has 0 aliphatic heterocycles. The third kappa shape index (κ3) is 2.57. The van der Waals surface area contributed by atoms with Gasteiger partial charge in [-0.2, -0.15) is 0 Å². The Labute approximate surface area is 127 Å². The molecule has 4 heteroatoms. The van der Waals surface area contributed by atoms with Crippen LogP contribution in [0.3, 0.4) is 0 Å². The Hall–Kier alpha value is -1.78. The minimum absolute atomic E-state index is 0.679. The molecule has 0 aliphatic rings. The average Bonchev–Trinajstić information content (AvgIpc) is 2.86. The predicted molar refractivity (Wildman–Crippen MR) is 90.9 cm³/mol. The van der Waals surface area contributed by atoms with Crippen molar-refractivity contribution in [3.63, 3.8) is 0 Å². The van der Waals surface area contributed by atoms with E-state index in [1.165, 1.54) is 11.1 Å². The van der Waals surface area contributed by atoms with Crippen LogP contribution >= 0.6 is 23.6 Å². The van der Waals surface area contributed by atoms with E-state index < -0.39 is 0 Å². The molecule has 1 aromatic heterocycles. The van der Waals surface area contributed by atoms with Crippen LogP contribution in [0.2, 0.25) is 0 Å². The Morgan fingerprint density at radius 1 is 1.15 bits per heavy atom. The number of benzene rings is 2. The molecule has 20 heavy (non-hydrogen) atoms. The van der Waals surface area contributed by atoms with Crippen molar-refractivity contribution in [3.05, 3.63) is 58.6 Å². The van der Waals surface area contributed by atoms with Crippen LogP contribution in [0.25, 0.3) is 10.2 Å². The molecule has 0 radical (unpaired) electrons. The number of thiocarbonyl (C=S) groups is 1. The molecule has 0 spiro atoms. The van der Waals surface area contributed by atoms with E-state index in [0.717, 1.165) is 20.9 Å². The highest BCUT2D eigenvalue weighted by Gasteiger charge is 2.09. The number of para-hydroxylation sites is 1. The van der Waals surface area contributed by atoms with Crippen LogP contribution in [0.4, 0.5) is 5.69 Å². The van der Waals surface area contributed by atoms with Gasteiger partial charge in [0, 0.05) is 5.69 Å². The van der Waals surface area contributed by atoms with E-state index in [2.05, 4.69) is 48.4 Å². The van der Waals surface area contributed by atoms with E-state index in [1.807, 2.05) is 18.2 Å². The lowest BCUT2D eigenvalue weighted by atomic mass is 10.1. The van der Waals surface area contributed by atoms with Gasteiger partial charge in [0.15, 0.2) is 5.01 Å². The molecule has 0 atom stereocenters. The van der Waals surface area contributed by atoms with Gasteiger partial charge in [0.1, 0.15) is 4.99 Å². The topological polar surface area (TPSA) is 24.9 Å². The summed E-state index contributed by atoms with van der Waals surface area (Å²) in [6, 6.07) is 14.4. The molecule has 3 rings (SSSR count). The second kappa shape index (κ2) is 5.31. The lowest BCUT2D eigenvalue weighted by Crippen LogP contribution is -2.11. The number of nitrogens with zero attached hydrogens (tertiary/aromatic N) is 1. The molecule has 0 saturated carbocycles. The highest BCUT2D eigenvalue weighted by Crippen LogP contribution is 2.24. The third-order valence-electron chi connectivity index (χ3n) is 3.12. The number of fused-ring (bicyclic) bond motifs is 1. The summed E-state index contributed by atoms with van der Waals surface area (Å²) in [5, 5.41) is 4.16. The number of hydrogen-bond acceptors (Lipinski definition) is 3. The Morgan fingerprint density at radius 2 is 1.95 bits per heavy atom. The molecule has 2 nitrogen and oxygen atoms in total. The van der Waals surface area contributed by atoms with Gasteiger partial charge >= 0.3 is 0 Å². The molecule has 0 saturated heterocycles. The number of thiazole rings is 1. The number of rotatable bonds is 2. The fraction of sp³-hybridized carbons (Fsp3) is 0.125. The maximum Gasteiger partial charge on any atom is 0.152 e. The molecule has 3 aromatic rings. The van der Waals surface area contributed by atoms with E-state index in [4.69, 9.17) is 12.2 Å². The van der Waals surface area contributed by atoms with Gasteiger partial charge in [0.05, 0.1) is 10.2 Å². The van der Waals surface area contributed by atoms with Gasteiger partial charge in [-0.15, -0.1) is 11.3 Å². The molecule has 2 aromatic carbocycles. The number of nitrogens with one attached hydrogen (secondary N) is 1. The van der Waals surface area contributed by atoms with Crippen molar-refractivity contribution in [2.45, 2.75) is 13.8 Å². The van der Waals surface area contributed by atoms with Crippen molar-refractivity contribution in [1.29, 1.82) is 0 Å². The highest BCUT2D eigenvalue weighted by atomic mass is 32.1. The largest absolute Gasteiger partial charge is 0.344 e. The average molecular weight is 298 g/mol. The van der Waals surface area contributed by atoms with Gasteiger partial charge in [-0.1, -0.05) is 42.0 Å². The Morgan fingerprint density at radius 3 is 2.70 bits per heavy atom. The van der Waals surface area contributed by atoms with Crippen LogP contribution in [0, 0.1) is 13.8 Å². The predicted octanol–water partition coefficient (Wildman–Crippen LogP) is 4.70. The van der Waals surface area contributed by atoms with Gasteiger partial charge < -0.3 is 5.32 Å². The van der Waals surface area contributed by atoms with Gasteiger partial charge in [-0.25, -0.2) is 4.98 Å². The zero-order chi connectivity index (χ0) is 14.1. The second-order valence-corrected chi connectivity index (χ2v) is 6.20. The lowest BCUT2D eigenvalue weighted by Gasteiger charge is -2.09. The van der Waals surface area contributed by atoms with Crippen molar-refractivity contribution >= 4 is 44.4 Å². The Balaban J connectivity index is 1.89. The summed E-state index contributed by atoms with van der Waals surface area (Å²) in [4.78, 5) is 5.25. The monoisotopic (exact) mass is 298 g/mol. The number of hydrogen-bond donors (Lipinski definition) is 1. The van der Waals surface area contributed by atoms with Crippen molar-refractivity contribution in [2.24, 2.45) is 0 Å². The Bertz CT molecular complexity index is 757. The van der Waals surface area contributed by atoms with Crippen molar-refractivity contribution in [2.75, 3.05) is 5.32 Å². The highest BCUT2D eigenvalue weighted by molar-refractivity contribution is 7.81. The molecule has 0 unspecified atom stereocenters. The van der Waals surface area contributed by atoms with Gasteiger partial charge in [-0.05, 0) is 37.6 Å². The summed E-state index contributed by atoms with van der Waals surface area (Å²) in [6.07, 6.45) is 0. The summed E-state index contributed by atoms with van der Waals surface area (Å²) < 4.78 is 1.16. The van der Waals surface area contributed by atoms with Gasteiger partial charge in [0.25, 0.3) is 0 Å². The van der Waals surface area contributed by atoms with E-state index in [9.17, 15) is 0 Å². The summed E-state index contributed by atoms with van der Waals surface area (Å²) >= 11 is 7.09. The molecule has 1 N–H and O–H groups in total. The summed E-state index contributed by atoms with van der Waals surface area (Å²) in [6.45, 7) is 4.17. The molecule has 0 fully saturated rings. The first-order valence-electron chi connectivity index (χ1n) is 6.37. The third-order valence-corrected chi connectivity index (χ3v) is 4.60. The summed E-state index contributed by atoms with van der Waals surface area (Å²) in [5.74, 6) is 0. The van der Waals surface area contributed by atoms with Crippen LogP contribution < -0.4 is 5.32 Å². The smallest absolute Gasteiger partial charge is 0.152 e. The fourth-order valence-corrected chi connectivity index (χ4v) is 3.24. The SMILES string of the molecule is Cc1ccc(NC(=S)c2nc3ccccc3s2)c(C)c1. The molecular weight excluding hydrogens is 284 g/mol. The first-order valence-corrected chi connectivity index (χ1v) is 7.60. The maximum atomic E-state index is 5.47. The van der Waals surface area contributed by atoms with Crippen molar-refractivity contribution in [3.8, 4) is 0 Å². The summed E-state index contributed by atoms with van der Waals surface area (Å²) in [5.41, 5.74) is 4.48. The molecule has 0 amide bonds. The number of aromatic nitrogens is 1. The van der Waals surface area contributed by atoms with Crippen LogP contribution in [-0.4, -0.2) is 9.97 Å². The Kier molecular flexibility index (Phi) is 3.51. The fourth-order valence-electron chi connectivity index (χ4n) is 2.10. The lowest BCUT2D eigenvalue weighted by molar-refractivity contribution is 1.38. The first kappa shape index (κ1) is 13.2. The molecule has 1 heterocycles. The maximum absolute atomic E-state index is 5.47. The number of aryl methyl sites for hydroxylation is 2. The minimum atomic E-state index is 0.679. The van der Waals surface area contributed by atoms with Crippen molar-refractivity contribution < 1.29 is 0 Å². The quantitative estimate of drug-likeness (QED) is 0.694. The molecular formula is C16H14N2S2. The molecule has 0 bridgehead atoms. The van der Waals surface area contributed by atoms with Gasteiger partial charge in [0.2, 0.25) is 0 Å². The first-order chi connectivity index (χ1) is 9.63. The normalized spacial score (nSPS) is 10.7. The zero-order valence-electron chi connectivity index (χ0n) is 11.3. The van der Waals surface area contributed by atoms with E-state index in [-0.39, 0.29) is 0 Å². The zero-order valence-corrected chi connectivity index (χ0v) is 12.9. The van der Waals surface area contributed by atoms with E-state index in [0.29, 0.717) is 4.99 Å². The molecule has 0 aliphatic carbocycles. The summed E-state index contributed by atoms with van der Waals surface area (Å²) in [7, 11) is 0. The van der Waals surface area contributed by atoms with E-state index in [1.54, 1.807) is 11.3 Å². The van der Waals surface area contributed by atoms with Crippen LogP contribution in [0.5, 0.6) is 0 Å². The van der Waals surface area contributed by atoms with Crippen molar-refractivity contribution in [1.82, 2.24) is 4.98 Å².